The second-order valence-electron chi connectivity index (χ2n) is 7.93. The average Bonchev–Trinajstić information content (AvgIpc) is 3.42. The van der Waals surface area contributed by atoms with E-state index in [0.717, 1.165) is 48.7 Å². The van der Waals surface area contributed by atoms with Gasteiger partial charge in [-0.2, -0.15) is 5.26 Å². The number of rotatable bonds is 4. The van der Waals surface area contributed by atoms with Gasteiger partial charge in [-0.3, -0.25) is 9.47 Å². The van der Waals surface area contributed by atoms with Gasteiger partial charge in [-0.05, 0) is 35.7 Å². The number of hydrogen-bond donors (Lipinski definition) is 1. The third kappa shape index (κ3) is 3.69. The highest BCUT2D eigenvalue weighted by Gasteiger charge is 2.28. The lowest BCUT2D eigenvalue weighted by Crippen LogP contribution is -2.45. The first-order valence-corrected chi connectivity index (χ1v) is 10.3. The molecule has 2 aromatic heterocycles. The molecule has 0 radical (unpaired) electrons. The summed E-state index contributed by atoms with van der Waals surface area (Å²) in [5, 5.41) is 12.5. The minimum absolute atomic E-state index is 0.206. The molecule has 2 aliphatic rings. The number of aromatic nitrogens is 3. The van der Waals surface area contributed by atoms with Crippen molar-refractivity contribution in [2.75, 3.05) is 19.6 Å². The standard InChI is InChI=1S/C23H22N6O2/c1-15-18(3-4-19-20(15)13-31-23(19)30)21-12-28(7-6-25-21)10-16-2-5-22(26-9-16)29-11-17(8-24)27-14-29/h2-5,9,11,14,21,25H,6-7,10,12-13H2,1H3/t21-/m0/s1. The molecular formula is C23H22N6O2. The number of benzene rings is 1. The first-order valence-electron chi connectivity index (χ1n) is 10.3. The maximum atomic E-state index is 11.8. The highest BCUT2D eigenvalue weighted by Crippen LogP contribution is 2.30. The zero-order valence-electron chi connectivity index (χ0n) is 17.2. The van der Waals surface area contributed by atoms with Gasteiger partial charge in [0.2, 0.25) is 0 Å². The molecular weight excluding hydrogens is 392 g/mol. The minimum Gasteiger partial charge on any atom is -0.457 e. The largest absolute Gasteiger partial charge is 0.457 e. The number of pyridine rings is 1. The Labute approximate surface area is 180 Å². The zero-order chi connectivity index (χ0) is 21.4. The Kier molecular flexibility index (Phi) is 4.98. The van der Waals surface area contributed by atoms with Crippen molar-refractivity contribution in [1.29, 1.82) is 5.26 Å². The van der Waals surface area contributed by atoms with Crippen LogP contribution in [0.3, 0.4) is 0 Å². The molecule has 0 saturated carbocycles. The Balaban J connectivity index is 1.28. The lowest BCUT2D eigenvalue weighted by atomic mass is 9.93. The number of nitrogens with one attached hydrogen (secondary N) is 1. The first kappa shape index (κ1) is 19.4. The van der Waals surface area contributed by atoms with E-state index in [-0.39, 0.29) is 12.0 Å². The number of esters is 1. The lowest BCUT2D eigenvalue weighted by molar-refractivity contribution is 0.0535. The molecule has 1 atom stereocenters. The molecule has 1 aromatic carbocycles. The second-order valence-corrected chi connectivity index (χ2v) is 7.93. The van der Waals surface area contributed by atoms with Crippen molar-refractivity contribution in [3.63, 3.8) is 0 Å². The van der Waals surface area contributed by atoms with Crippen molar-refractivity contribution in [1.82, 2.24) is 24.8 Å². The lowest BCUT2D eigenvalue weighted by Gasteiger charge is -2.34. The number of ether oxygens (including phenoxy) is 1. The van der Waals surface area contributed by atoms with Crippen LogP contribution in [0.25, 0.3) is 5.82 Å². The normalized spacial score (nSPS) is 18.5. The maximum absolute atomic E-state index is 11.8. The van der Waals surface area contributed by atoms with Crippen molar-refractivity contribution in [2.24, 2.45) is 0 Å². The van der Waals surface area contributed by atoms with E-state index in [1.165, 1.54) is 5.56 Å². The average molecular weight is 414 g/mol. The predicted octanol–water partition coefficient (Wildman–Crippen LogP) is 2.26. The number of carbonyl (C=O) groups excluding carboxylic acids is 1. The van der Waals surface area contributed by atoms with Crippen molar-refractivity contribution in [2.45, 2.75) is 26.1 Å². The number of imidazole rings is 1. The Bertz CT molecular complexity index is 1180. The number of fused-ring (bicyclic) bond motifs is 1. The van der Waals surface area contributed by atoms with E-state index < -0.39 is 0 Å². The molecule has 4 heterocycles. The smallest absolute Gasteiger partial charge is 0.338 e. The summed E-state index contributed by atoms with van der Waals surface area (Å²) in [6, 6.07) is 10.2. The fourth-order valence-electron chi connectivity index (χ4n) is 4.33. The topological polar surface area (TPSA) is 96.1 Å². The summed E-state index contributed by atoms with van der Waals surface area (Å²) < 4.78 is 6.94. The molecule has 8 nitrogen and oxygen atoms in total. The molecule has 0 unspecified atom stereocenters. The predicted molar refractivity (Wildman–Crippen MR) is 112 cm³/mol. The van der Waals surface area contributed by atoms with Gasteiger partial charge in [-0.15, -0.1) is 0 Å². The van der Waals surface area contributed by atoms with E-state index in [1.54, 1.807) is 17.1 Å². The van der Waals surface area contributed by atoms with Crippen LogP contribution in [0, 0.1) is 18.3 Å². The summed E-state index contributed by atoms with van der Waals surface area (Å²) in [5.74, 6) is 0.514. The maximum Gasteiger partial charge on any atom is 0.338 e. The van der Waals surface area contributed by atoms with Crippen LogP contribution in [0.2, 0.25) is 0 Å². The number of cyclic esters (lactones) is 1. The van der Waals surface area contributed by atoms with Gasteiger partial charge < -0.3 is 10.1 Å². The van der Waals surface area contributed by atoms with Gasteiger partial charge >= 0.3 is 5.97 Å². The number of nitriles is 1. The molecule has 5 rings (SSSR count). The Morgan fingerprint density at radius 3 is 2.97 bits per heavy atom. The second kappa shape index (κ2) is 7.95. The Hall–Kier alpha value is -3.54. The molecule has 0 bridgehead atoms. The summed E-state index contributed by atoms with van der Waals surface area (Å²) >= 11 is 0. The molecule has 0 aliphatic carbocycles. The quantitative estimate of drug-likeness (QED) is 0.654. The van der Waals surface area contributed by atoms with E-state index in [4.69, 9.17) is 10.00 Å². The number of piperazine rings is 1. The molecule has 8 heteroatoms. The monoisotopic (exact) mass is 414 g/mol. The molecule has 0 spiro atoms. The van der Waals surface area contributed by atoms with Gasteiger partial charge in [-0.25, -0.2) is 14.8 Å². The Morgan fingerprint density at radius 1 is 1.29 bits per heavy atom. The van der Waals surface area contributed by atoms with E-state index in [9.17, 15) is 4.79 Å². The summed E-state index contributed by atoms with van der Waals surface area (Å²) in [5.41, 5.74) is 5.58. The van der Waals surface area contributed by atoms with Crippen molar-refractivity contribution >= 4 is 5.97 Å². The van der Waals surface area contributed by atoms with Crippen LogP contribution in [-0.2, 0) is 17.9 Å². The molecule has 2 aliphatic heterocycles. The van der Waals surface area contributed by atoms with Crippen LogP contribution in [0.5, 0.6) is 0 Å². The first-order chi connectivity index (χ1) is 15.1. The van der Waals surface area contributed by atoms with Crippen LogP contribution >= 0.6 is 0 Å². The molecule has 1 saturated heterocycles. The van der Waals surface area contributed by atoms with E-state index in [2.05, 4.69) is 39.2 Å². The summed E-state index contributed by atoms with van der Waals surface area (Å²) in [6.45, 7) is 5.99. The van der Waals surface area contributed by atoms with Crippen LogP contribution in [0.1, 0.15) is 44.3 Å². The van der Waals surface area contributed by atoms with Gasteiger partial charge in [-0.1, -0.05) is 12.1 Å². The number of hydrogen-bond acceptors (Lipinski definition) is 7. The highest BCUT2D eigenvalue weighted by molar-refractivity contribution is 5.94. The summed E-state index contributed by atoms with van der Waals surface area (Å²) in [7, 11) is 0. The number of nitrogens with zero attached hydrogens (tertiary/aromatic N) is 5. The van der Waals surface area contributed by atoms with E-state index in [0.29, 0.717) is 17.9 Å². The minimum atomic E-state index is -0.224. The van der Waals surface area contributed by atoms with Crippen LogP contribution < -0.4 is 5.32 Å². The third-order valence-electron chi connectivity index (χ3n) is 6.02. The van der Waals surface area contributed by atoms with Gasteiger partial charge in [0, 0.05) is 50.2 Å². The van der Waals surface area contributed by atoms with Gasteiger partial charge in [0.1, 0.15) is 24.8 Å². The molecule has 1 fully saturated rings. The SMILES string of the molecule is Cc1c([C@@H]2CN(Cc3ccc(-n4cnc(C#N)c4)nc3)CCN2)ccc2c1COC2=O. The zero-order valence-corrected chi connectivity index (χ0v) is 17.2. The fourth-order valence-corrected chi connectivity index (χ4v) is 4.33. The van der Waals surface area contributed by atoms with Crippen LogP contribution in [-0.4, -0.2) is 45.0 Å². The fraction of sp³-hybridized carbons (Fsp3) is 0.304. The molecule has 1 N–H and O–H groups in total. The van der Waals surface area contributed by atoms with Crippen molar-refractivity contribution < 1.29 is 9.53 Å². The highest BCUT2D eigenvalue weighted by atomic mass is 16.5. The van der Waals surface area contributed by atoms with Crippen molar-refractivity contribution in [3.05, 3.63) is 76.5 Å². The van der Waals surface area contributed by atoms with E-state index in [1.807, 2.05) is 24.4 Å². The van der Waals surface area contributed by atoms with Crippen molar-refractivity contribution in [3.8, 4) is 11.9 Å². The number of carbonyl (C=O) groups is 1. The molecule has 156 valence electrons. The van der Waals surface area contributed by atoms with Crippen LogP contribution in [0.15, 0.2) is 43.0 Å². The molecule has 0 amide bonds. The summed E-state index contributed by atoms with van der Waals surface area (Å²) in [6.07, 6.45) is 5.14. The van der Waals surface area contributed by atoms with E-state index >= 15 is 0 Å². The molecule has 3 aromatic rings. The van der Waals surface area contributed by atoms with Crippen LogP contribution in [0.4, 0.5) is 0 Å². The molecule has 31 heavy (non-hydrogen) atoms. The van der Waals surface area contributed by atoms with Gasteiger partial charge in [0.15, 0.2) is 5.69 Å². The van der Waals surface area contributed by atoms with Gasteiger partial charge in [0.25, 0.3) is 0 Å². The third-order valence-corrected chi connectivity index (χ3v) is 6.02. The van der Waals surface area contributed by atoms with Gasteiger partial charge in [0.05, 0.1) is 5.56 Å². The Morgan fingerprint density at radius 2 is 2.19 bits per heavy atom. The summed E-state index contributed by atoms with van der Waals surface area (Å²) in [4.78, 5) is 22.8.